The van der Waals surface area contributed by atoms with Crippen molar-refractivity contribution >= 4 is 29.1 Å². The number of nitrogens with one attached hydrogen (secondary N) is 1. The molecule has 1 fully saturated rings. The number of phenols is 1. The van der Waals surface area contributed by atoms with Crippen LogP contribution in [0.2, 0.25) is 10.0 Å². The van der Waals surface area contributed by atoms with E-state index >= 15 is 0 Å². The number of hydrogen-bond acceptors (Lipinski definition) is 3. The highest BCUT2D eigenvalue weighted by molar-refractivity contribution is 6.43. The fourth-order valence-electron chi connectivity index (χ4n) is 2.04. The molecule has 1 aromatic rings. The van der Waals surface area contributed by atoms with Crippen molar-refractivity contribution in [3.63, 3.8) is 0 Å². The van der Waals surface area contributed by atoms with Gasteiger partial charge >= 0.3 is 0 Å². The summed E-state index contributed by atoms with van der Waals surface area (Å²) >= 11 is 11.5. The summed E-state index contributed by atoms with van der Waals surface area (Å²) in [6.45, 7) is 1.30. The summed E-state index contributed by atoms with van der Waals surface area (Å²) in [7, 11) is 0. The molecule has 0 saturated carbocycles. The molecule has 1 aliphatic heterocycles. The molecular formula is C13H15Cl2NO3. The van der Waals surface area contributed by atoms with E-state index in [1.54, 1.807) is 0 Å². The summed E-state index contributed by atoms with van der Waals surface area (Å²) in [6.07, 6.45) is 3.11. The number of carbonyl (C=O) groups excluding carboxylic acids is 1. The molecule has 0 spiro atoms. The minimum atomic E-state index is -0.367. The molecule has 0 radical (unpaired) electrons. The first-order valence-corrected chi connectivity index (χ1v) is 6.92. The maximum absolute atomic E-state index is 11.9. The molecule has 0 unspecified atom stereocenters. The smallest absolute Gasteiger partial charge is 0.255 e. The molecule has 1 saturated heterocycles. The summed E-state index contributed by atoms with van der Waals surface area (Å²) in [5, 5.41) is 12.7. The minimum absolute atomic E-state index is 0.00607. The van der Waals surface area contributed by atoms with Crippen LogP contribution < -0.4 is 5.32 Å². The number of rotatable bonds is 4. The van der Waals surface area contributed by atoms with E-state index in [1.807, 2.05) is 0 Å². The van der Waals surface area contributed by atoms with Crippen LogP contribution in [0.15, 0.2) is 12.1 Å². The van der Waals surface area contributed by atoms with Gasteiger partial charge in [-0.1, -0.05) is 23.2 Å². The second-order valence-electron chi connectivity index (χ2n) is 4.44. The number of aromatic hydroxyl groups is 1. The van der Waals surface area contributed by atoms with Gasteiger partial charge in [-0.25, -0.2) is 0 Å². The molecule has 0 aliphatic carbocycles. The second-order valence-corrected chi connectivity index (χ2v) is 5.22. The Labute approximate surface area is 121 Å². The van der Waals surface area contributed by atoms with Crippen LogP contribution in [0.5, 0.6) is 5.75 Å². The van der Waals surface area contributed by atoms with Gasteiger partial charge in [-0.05, 0) is 31.4 Å². The molecule has 1 amide bonds. The zero-order chi connectivity index (χ0) is 13.8. The van der Waals surface area contributed by atoms with Crippen molar-refractivity contribution in [3.05, 3.63) is 27.7 Å². The lowest BCUT2D eigenvalue weighted by Gasteiger charge is -2.11. The van der Waals surface area contributed by atoms with Crippen LogP contribution in [-0.2, 0) is 4.74 Å². The number of halogens is 2. The molecule has 0 bridgehead atoms. The lowest BCUT2D eigenvalue weighted by atomic mass is 10.1. The first kappa shape index (κ1) is 14.4. The first-order chi connectivity index (χ1) is 9.09. The van der Waals surface area contributed by atoms with E-state index in [4.69, 9.17) is 27.9 Å². The summed E-state index contributed by atoms with van der Waals surface area (Å²) in [4.78, 5) is 11.9. The Bertz CT molecular complexity index is 473. The van der Waals surface area contributed by atoms with Gasteiger partial charge < -0.3 is 15.2 Å². The van der Waals surface area contributed by atoms with E-state index in [9.17, 15) is 9.90 Å². The molecule has 104 valence electrons. The Morgan fingerprint density at radius 3 is 2.95 bits per heavy atom. The molecule has 2 rings (SSSR count). The van der Waals surface area contributed by atoms with E-state index in [2.05, 4.69) is 5.32 Å². The van der Waals surface area contributed by atoms with Crippen molar-refractivity contribution in [1.82, 2.24) is 5.32 Å². The molecule has 6 heteroatoms. The summed E-state index contributed by atoms with van der Waals surface area (Å²) in [6, 6.07) is 2.93. The topological polar surface area (TPSA) is 58.6 Å². The van der Waals surface area contributed by atoms with Crippen LogP contribution in [0.3, 0.4) is 0 Å². The first-order valence-electron chi connectivity index (χ1n) is 6.16. The highest BCUT2D eigenvalue weighted by Crippen LogP contribution is 2.33. The zero-order valence-electron chi connectivity index (χ0n) is 10.3. The average Bonchev–Trinajstić information content (AvgIpc) is 2.89. The van der Waals surface area contributed by atoms with Gasteiger partial charge in [0, 0.05) is 13.2 Å². The number of carbonyl (C=O) groups is 1. The van der Waals surface area contributed by atoms with Crippen LogP contribution in [0.4, 0.5) is 0 Å². The van der Waals surface area contributed by atoms with Crippen molar-refractivity contribution in [3.8, 4) is 5.75 Å². The average molecular weight is 304 g/mol. The molecular weight excluding hydrogens is 289 g/mol. The fourth-order valence-corrected chi connectivity index (χ4v) is 2.35. The minimum Gasteiger partial charge on any atom is -0.505 e. The van der Waals surface area contributed by atoms with Crippen LogP contribution in [0.1, 0.15) is 29.6 Å². The van der Waals surface area contributed by atoms with Crippen LogP contribution in [-0.4, -0.2) is 30.3 Å². The molecule has 1 heterocycles. The van der Waals surface area contributed by atoms with Gasteiger partial charge in [0.05, 0.1) is 16.7 Å². The standard InChI is InChI=1S/C13H15Cl2NO3/c14-10-4-3-9(12(17)11(10)15)13(18)16-6-5-8-2-1-7-19-8/h3-4,8,17H,1-2,5-7H2,(H,16,18)/t8-/m1/s1. The summed E-state index contributed by atoms with van der Waals surface area (Å²) < 4.78 is 5.46. The number of amides is 1. The van der Waals surface area contributed by atoms with Crippen molar-refractivity contribution < 1.29 is 14.6 Å². The Balaban J connectivity index is 1.90. The monoisotopic (exact) mass is 303 g/mol. The number of ether oxygens (including phenoxy) is 1. The van der Waals surface area contributed by atoms with Gasteiger partial charge in [0.15, 0.2) is 0 Å². The van der Waals surface area contributed by atoms with Gasteiger partial charge in [0.2, 0.25) is 0 Å². The van der Waals surface area contributed by atoms with Crippen LogP contribution in [0.25, 0.3) is 0 Å². The molecule has 0 aromatic heterocycles. The summed E-state index contributed by atoms with van der Waals surface area (Å²) in [5.74, 6) is -0.655. The summed E-state index contributed by atoms with van der Waals surface area (Å²) in [5.41, 5.74) is 0.127. The van der Waals surface area contributed by atoms with Gasteiger partial charge in [0.25, 0.3) is 5.91 Å². The van der Waals surface area contributed by atoms with E-state index in [0.717, 1.165) is 25.9 Å². The van der Waals surface area contributed by atoms with Crippen molar-refractivity contribution in [2.75, 3.05) is 13.2 Å². The Kier molecular flexibility index (Phi) is 4.91. The molecule has 1 atom stereocenters. The van der Waals surface area contributed by atoms with Crippen molar-refractivity contribution in [2.24, 2.45) is 0 Å². The predicted octanol–water partition coefficient (Wildman–Crippen LogP) is 3.00. The van der Waals surface area contributed by atoms with E-state index in [0.29, 0.717) is 6.54 Å². The third-order valence-electron chi connectivity index (χ3n) is 3.09. The molecule has 4 nitrogen and oxygen atoms in total. The quantitative estimate of drug-likeness (QED) is 0.899. The number of hydrogen-bond donors (Lipinski definition) is 2. The number of benzene rings is 1. The maximum Gasteiger partial charge on any atom is 0.255 e. The third-order valence-corrected chi connectivity index (χ3v) is 3.88. The van der Waals surface area contributed by atoms with E-state index in [-0.39, 0.29) is 33.4 Å². The van der Waals surface area contributed by atoms with Crippen LogP contribution >= 0.6 is 23.2 Å². The second kappa shape index (κ2) is 6.46. The third kappa shape index (κ3) is 3.53. The molecule has 1 aromatic carbocycles. The van der Waals surface area contributed by atoms with E-state index in [1.165, 1.54) is 12.1 Å². The fraction of sp³-hybridized carbons (Fsp3) is 0.462. The highest BCUT2D eigenvalue weighted by Gasteiger charge is 2.18. The zero-order valence-corrected chi connectivity index (χ0v) is 11.8. The van der Waals surface area contributed by atoms with Gasteiger partial charge in [-0.2, -0.15) is 0 Å². The lowest BCUT2D eigenvalue weighted by molar-refractivity contribution is 0.0905. The van der Waals surface area contributed by atoms with Gasteiger partial charge in [-0.3, -0.25) is 4.79 Å². The Morgan fingerprint density at radius 1 is 1.47 bits per heavy atom. The highest BCUT2D eigenvalue weighted by atomic mass is 35.5. The van der Waals surface area contributed by atoms with Crippen molar-refractivity contribution in [2.45, 2.75) is 25.4 Å². The SMILES string of the molecule is O=C(NCC[C@H]1CCCO1)c1ccc(Cl)c(Cl)c1O. The Morgan fingerprint density at radius 2 is 2.26 bits per heavy atom. The predicted molar refractivity (Wildman–Crippen MR) is 74.1 cm³/mol. The molecule has 1 aliphatic rings. The van der Waals surface area contributed by atoms with Crippen LogP contribution in [0, 0.1) is 0 Å². The van der Waals surface area contributed by atoms with Gasteiger partial charge in [-0.15, -0.1) is 0 Å². The lowest BCUT2D eigenvalue weighted by Crippen LogP contribution is -2.27. The Hall–Kier alpha value is -0.970. The largest absolute Gasteiger partial charge is 0.505 e. The maximum atomic E-state index is 11.9. The molecule has 19 heavy (non-hydrogen) atoms. The van der Waals surface area contributed by atoms with Crippen molar-refractivity contribution in [1.29, 1.82) is 0 Å². The normalized spacial score (nSPS) is 18.5. The molecule has 2 N–H and O–H groups in total. The van der Waals surface area contributed by atoms with E-state index < -0.39 is 0 Å². The van der Waals surface area contributed by atoms with Gasteiger partial charge in [0.1, 0.15) is 10.8 Å². The number of phenolic OH excluding ortho intramolecular Hbond substituents is 1.